The van der Waals surface area contributed by atoms with Gasteiger partial charge in [-0.05, 0) is 17.7 Å². The van der Waals surface area contributed by atoms with Crippen LogP contribution >= 0.6 is 0 Å². The molecule has 1 rings (SSSR count). The largest absolute Gasteiger partial charge is 0.467 e. The molecule has 5 heteroatoms. The van der Waals surface area contributed by atoms with E-state index in [0.717, 1.165) is 0 Å². The first-order valence-electron chi connectivity index (χ1n) is 5.62. The van der Waals surface area contributed by atoms with Crippen LogP contribution in [0.3, 0.4) is 0 Å². The van der Waals surface area contributed by atoms with Crippen LogP contribution in [0, 0.1) is 18.2 Å². The van der Waals surface area contributed by atoms with Gasteiger partial charge in [0, 0.05) is 6.42 Å². The van der Waals surface area contributed by atoms with Crippen LogP contribution in [0.2, 0.25) is 0 Å². The van der Waals surface area contributed by atoms with Crippen LogP contribution in [0.15, 0.2) is 24.3 Å². The van der Waals surface area contributed by atoms with Gasteiger partial charge < -0.3 is 10.1 Å². The van der Waals surface area contributed by atoms with Gasteiger partial charge in [0.25, 0.3) is 0 Å². The summed E-state index contributed by atoms with van der Waals surface area (Å²) in [5.41, 5.74) is 0.516. The molecule has 0 aliphatic heterocycles. The Bertz CT molecular complexity index is 508. The number of ether oxygens (including phenoxy) is 1. The topological polar surface area (TPSA) is 55.4 Å². The molecular formula is C14H14FNO3. The highest BCUT2D eigenvalue weighted by Gasteiger charge is 2.20. The predicted molar refractivity (Wildman–Crippen MR) is 67.5 cm³/mol. The molecule has 1 aromatic carbocycles. The Hall–Kier alpha value is -2.35. The average Bonchev–Trinajstić information content (AvgIpc) is 2.37. The van der Waals surface area contributed by atoms with Crippen molar-refractivity contribution in [3.8, 4) is 12.3 Å². The second-order valence-corrected chi connectivity index (χ2v) is 3.86. The summed E-state index contributed by atoms with van der Waals surface area (Å²) >= 11 is 0. The van der Waals surface area contributed by atoms with E-state index in [4.69, 9.17) is 6.42 Å². The molecule has 0 aliphatic rings. The van der Waals surface area contributed by atoms with E-state index < -0.39 is 23.7 Å². The Morgan fingerprint density at radius 1 is 1.53 bits per heavy atom. The number of benzene rings is 1. The fraction of sp³-hybridized carbons (Fsp3) is 0.286. The monoisotopic (exact) mass is 263 g/mol. The number of amides is 1. The third-order valence-electron chi connectivity index (χ3n) is 2.40. The summed E-state index contributed by atoms with van der Waals surface area (Å²) in [7, 11) is 1.21. The van der Waals surface area contributed by atoms with Gasteiger partial charge in [-0.15, -0.1) is 12.3 Å². The molecule has 0 fully saturated rings. The highest BCUT2D eigenvalue weighted by atomic mass is 19.1. The summed E-state index contributed by atoms with van der Waals surface area (Å²) in [6, 6.07) is 4.80. The van der Waals surface area contributed by atoms with Crippen molar-refractivity contribution in [3.63, 3.8) is 0 Å². The number of terminal acetylenes is 1. The number of carbonyl (C=O) groups excluding carboxylic acids is 2. The molecule has 1 amide bonds. The van der Waals surface area contributed by atoms with E-state index in [1.807, 2.05) is 0 Å². The molecule has 0 radical (unpaired) electrons. The molecular weight excluding hydrogens is 249 g/mol. The highest BCUT2D eigenvalue weighted by Crippen LogP contribution is 2.05. The minimum absolute atomic E-state index is 0.0319. The van der Waals surface area contributed by atoms with Gasteiger partial charge in [-0.1, -0.05) is 12.1 Å². The highest BCUT2D eigenvalue weighted by molar-refractivity contribution is 5.85. The molecule has 0 unspecified atom stereocenters. The van der Waals surface area contributed by atoms with E-state index in [9.17, 15) is 14.0 Å². The zero-order valence-corrected chi connectivity index (χ0v) is 10.5. The minimum Gasteiger partial charge on any atom is -0.467 e. The number of esters is 1. The molecule has 0 saturated carbocycles. The zero-order chi connectivity index (χ0) is 14.3. The van der Waals surface area contributed by atoms with Crippen LogP contribution in [0.25, 0.3) is 0 Å². The lowest BCUT2D eigenvalue weighted by Gasteiger charge is -2.13. The number of carbonyl (C=O) groups is 2. The van der Waals surface area contributed by atoms with Crippen molar-refractivity contribution in [2.45, 2.75) is 18.9 Å². The normalized spacial score (nSPS) is 11.2. The lowest BCUT2D eigenvalue weighted by molar-refractivity contribution is -0.144. The number of halogens is 1. The third-order valence-corrected chi connectivity index (χ3v) is 2.40. The maximum Gasteiger partial charge on any atom is 0.329 e. The summed E-state index contributed by atoms with van der Waals surface area (Å²) in [6.07, 6.45) is 5.12. The molecule has 1 N–H and O–H groups in total. The van der Waals surface area contributed by atoms with Gasteiger partial charge in [0.2, 0.25) is 5.91 Å². The first-order chi connectivity index (χ1) is 9.06. The summed E-state index contributed by atoms with van der Waals surface area (Å²) in [6.45, 7) is 0. The third kappa shape index (κ3) is 4.80. The first-order valence-corrected chi connectivity index (χ1v) is 5.62. The number of hydrogen-bond acceptors (Lipinski definition) is 3. The van der Waals surface area contributed by atoms with Crippen molar-refractivity contribution in [1.29, 1.82) is 0 Å². The molecule has 1 atom stereocenters. The van der Waals surface area contributed by atoms with Crippen LogP contribution in [0.5, 0.6) is 0 Å². The van der Waals surface area contributed by atoms with E-state index >= 15 is 0 Å². The van der Waals surface area contributed by atoms with Crippen molar-refractivity contribution < 1.29 is 18.7 Å². The lowest BCUT2D eigenvalue weighted by atomic mass is 10.1. The Kier molecular flexibility index (Phi) is 5.55. The SMILES string of the molecule is C#CC[C@@H](NC(=O)Cc1cccc(F)c1)C(=O)OC. The van der Waals surface area contributed by atoms with E-state index in [0.29, 0.717) is 5.56 Å². The molecule has 1 aromatic rings. The fourth-order valence-electron chi connectivity index (χ4n) is 1.53. The van der Waals surface area contributed by atoms with Gasteiger partial charge in [-0.2, -0.15) is 0 Å². The zero-order valence-electron chi connectivity index (χ0n) is 10.5. The summed E-state index contributed by atoms with van der Waals surface area (Å²) in [4.78, 5) is 23.1. The quantitative estimate of drug-likeness (QED) is 0.638. The van der Waals surface area contributed by atoms with E-state index in [-0.39, 0.29) is 12.8 Å². The van der Waals surface area contributed by atoms with Crippen molar-refractivity contribution in [2.24, 2.45) is 0 Å². The standard InChI is InChI=1S/C14H14FNO3/c1-3-5-12(14(18)19-2)16-13(17)9-10-6-4-7-11(15)8-10/h1,4,6-8,12H,5,9H2,2H3,(H,16,17)/t12-/m1/s1. The number of methoxy groups -OCH3 is 1. The van der Waals surface area contributed by atoms with Crippen molar-refractivity contribution in [1.82, 2.24) is 5.32 Å². The lowest BCUT2D eigenvalue weighted by Crippen LogP contribution is -2.42. The molecule has 100 valence electrons. The van der Waals surface area contributed by atoms with Crippen LogP contribution in [-0.4, -0.2) is 25.0 Å². The van der Waals surface area contributed by atoms with E-state index in [1.54, 1.807) is 6.07 Å². The molecule has 0 aliphatic carbocycles. The number of hydrogen-bond donors (Lipinski definition) is 1. The Balaban J connectivity index is 2.63. The molecule has 19 heavy (non-hydrogen) atoms. The smallest absolute Gasteiger partial charge is 0.329 e. The van der Waals surface area contributed by atoms with Crippen molar-refractivity contribution in [3.05, 3.63) is 35.6 Å². The van der Waals surface area contributed by atoms with Gasteiger partial charge in [0.05, 0.1) is 13.5 Å². The van der Waals surface area contributed by atoms with Gasteiger partial charge in [-0.3, -0.25) is 4.79 Å². The van der Waals surface area contributed by atoms with Crippen LogP contribution in [-0.2, 0) is 20.7 Å². The summed E-state index contributed by atoms with van der Waals surface area (Å²) in [5.74, 6) is 0.842. The van der Waals surface area contributed by atoms with Crippen molar-refractivity contribution >= 4 is 11.9 Å². The molecule has 4 nitrogen and oxygen atoms in total. The van der Waals surface area contributed by atoms with Gasteiger partial charge in [0.1, 0.15) is 11.9 Å². The Morgan fingerprint density at radius 2 is 2.26 bits per heavy atom. The molecule has 0 aromatic heterocycles. The van der Waals surface area contributed by atoms with Gasteiger partial charge in [0.15, 0.2) is 0 Å². The Labute approximate surface area is 111 Å². The fourth-order valence-corrected chi connectivity index (χ4v) is 1.53. The van der Waals surface area contributed by atoms with Crippen LogP contribution in [0.4, 0.5) is 4.39 Å². The van der Waals surface area contributed by atoms with Crippen molar-refractivity contribution in [2.75, 3.05) is 7.11 Å². The predicted octanol–water partition coefficient (Wildman–Crippen LogP) is 1.05. The average molecular weight is 263 g/mol. The first kappa shape index (κ1) is 14.7. The minimum atomic E-state index is -0.879. The van der Waals surface area contributed by atoms with Gasteiger partial charge in [-0.25, -0.2) is 9.18 Å². The Morgan fingerprint density at radius 3 is 2.84 bits per heavy atom. The van der Waals surface area contributed by atoms with E-state index in [2.05, 4.69) is 16.0 Å². The molecule has 0 spiro atoms. The second kappa shape index (κ2) is 7.17. The van der Waals surface area contributed by atoms with Crippen LogP contribution < -0.4 is 5.32 Å². The second-order valence-electron chi connectivity index (χ2n) is 3.86. The molecule has 0 saturated heterocycles. The van der Waals surface area contributed by atoms with E-state index in [1.165, 1.54) is 25.3 Å². The maximum atomic E-state index is 13.0. The number of nitrogens with one attached hydrogen (secondary N) is 1. The summed E-state index contributed by atoms with van der Waals surface area (Å²) < 4.78 is 17.5. The number of rotatable bonds is 5. The van der Waals surface area contributed by atoms with Crippen LogP contribution in [0.1, 0.15) is 12.0 Å². The molecule has 0 bridgehead atoms. The van der Waals surface area contributed by atoms with Gasteiger partial charge >= 0.3 is 5.97 Å². The maximum absolute atomic E-state index is 13.0. The summed E-state index contributed by atoms with van der Waals surface area (Å²) in [5, 5.41) is 2.46. The molecule has 0 heterocycles.